The summed E-state index contributed by atoms with van der Waals surface area (Å²) in [4.78, 5) is 20.8. The molecule has 1 aliphatic carbocycles. The first-order chi connectivity index (χ1) is 12.3. The molecule has 0 unspecified atom stereocenters. The first-order valence-corrected chi connectivity index (χ1v) is 8.59. The second kappa shape index (κ2) is 7.36. The Morgan fingerprint density at radius 3 is 2.46 bits per heavy atom. The van der Waals surface area contributed by atoms with Crippen molar-refractivity contribution in [1.29, 1.82) is 0 Å². The Bertz CT molecular complexity index is 829. The van der Waals surface area contributed by atoms with Gasteiger partial charge in [-0.1, -0.05) is 11.6 Å². The van der Waals surface area contributed by atoms with Crippen LogP contribution in [-0.4, -0.2) is 25.8 Å². The highest BCUT2D eigenvalue weighted by Gasteiger charge is 2.42. The lowest BCUT2D eigenvalue weighted by atomic mass is 9.81. The van der Waals surface area contributed by atoms with Crippen molar-refractivity contribution < 1.29 is 18.3 Å². The van der Waals surface area contributed by atoms with E-state index in [1.54, 1.807) is 6.07 Å². The molecule has 3 rings (SSSR count). The fourth-order valence-electron chi connectivity index (χ4n) is 3.34. The van der Waals surface area contributed by atoms with E-state index in [1.807, 2.05) is 0 Å². The molecule has 0 radical (unpaired) electrons. The number of alkyl halides is 3. The van der Waals surface area contributed by atoms with E-state index in [9.17, 15) is 23.1 Å². The summed E-state index contributed by atoms with van der Waals surface area (Å²) in [6, 6.07) is 4.33. The molecule has 2 aromatic rings. The molecule has 0 aliphatic heterocycles. The number of nitrogens with zero attached hydrogens (tertiary/aromatic N) is 3. The van der Waals surface area contributed by atoms with E-state index in [0.717, 1.165) is 0 Å². The molecule has 0 atom stereocenters. The van der Waals surface area contributed by atoms with Gasteiger partial charge in [-0.2, -0.15) is 13.2 Å². The number of halogens is 4. The minimum absolute atomic E-state index is 0.00768. The summed E-state index contributed by atoms with van der Waals surface area (Å²) in [5.41, 5.74) is 0.214. The monoisotopic (exact) mass is 387 g/mol. The average molecular weight is 388 g/mol. The third kappa shape index (κ3) is 3.91. The highest BCUT2D eigenvalue weighted by molar-refractivity contribution is 6.29. The standard InChI is InChI=1S/C17H17ClF3N3O2/c18-14-6-5-13(8-22-14)24-15(26)7-12(9-25)23-16(24)10-1-3-11(4-2-10)17(19,20)21/h5-8,10-11,25H,1-4,9H2. The van der Waals surface area contributed by atoms with E-state index in [0.29, 0.717) is 11.5 Å². The predicted molar refractivity (Wildman–Crippen MR) is 89.3 cm³/mol. The molecule has 1 saturated carbocycles. The lowest BCUT2D eigenvalue weighted by molar-refractivity contribution is -0.182. The Morgan fingerprint density at radius 2 is 1.92 bits per heavy atom. The van der Waals surface area contributed by atoms with Crippen molar-refractivity contribution in [2.45, 2.75) is 44.4 Å². The van der Waals surface area contributed by atoms with Crippen molar-refractivity contribution in [3.8, 4) is 5.69 Å². The zero-order valence-corrected chi connectivity index (χ0v) is 14.5. The fraction of sp³-hybridized carbons (Fsp3) is 0.471. The van der Waals surface area contributed by atoms with Crippen LogP contribution in [-0.2, 0) is 6.61 Å². The SMILES string of the molecule is O=c1cc(CO)nc(C2CCC(C(F)(F)F)CC2)n1-c1ccc(Cl)nc1. The molecule has 0 spiro atoms. The van der Waals surface area contributed by atoms with Crippen molar-refractivity contribution in [2.75, 3.05) is 0 Å². The van der Waals surface area contributed by atoms with Crippen LogP contribution in [0.25, 0.3) is 5.69 Å². The fourth-order valence-corrected chi connectivity index (χ4v) is 3.45. The van der Waals surface area contributed by atoms with Crippen LogP contribution in [0.4, 0.5) is 13.2 Å². The van der Waals surface area contributed by atoms with Crippen molar-refractivity contribution in [3.63, 3.8) is 0 Å². The summed E-state index contributed by atoms with van der Waals surface area (Å²) < 4.78 is 40.1. The predicted octanol–water partition coefficient (Wildman–Crippen LogP) is 3.61. The molecule has 0 saturated heterocycles. The second-order valence-corrected chi connectivity index (χ2v) is 6.75. The van der Waals surface area contributed by atoms with E-state index >= 15 is 0 Å². The smallest absolute Gasteiger partial charge is 0.390 e. The van der Waals surface area contributed by atoms with Crippen LogP contribution in [0.1, 0.15) is 43.1 Å². The Labute approximate surface area is 152 Å². The largest absolute Gasteiger partial charge is 0.391 e. The molecule has 5 nitrogen and oxygen atoms in total. The third-order valence-electron chi connectivity index (χ3n) is 4.68. The van der Waals surface area contributed by atoms with Gasteiger partial charge in [-0.15, -0.1) is 0 Å². The molecule has 9 heteroatoms. The van der Waals surface area contributed by atoms with Crippen LogP contribution in [0, 0.1) is 5.92 Å². The summed E-state index contributed by atoms with van der Waals surface area (Å²) in [6.07, 6.45) is -2.27. The van der Waals surface area contributed by atoms with Gasteiger partial charge in [-0.25, -0.2) is 9.97 Å². The maximum Gasteiger partial charge on any atom is 0.391 e. The van der Waals surface area contributed by atoms with Gasteiger partial charge in [0.05, 0.1) is 30.1 Å². The minimum Gasteiger partial charge on any atom is -0.390 e. The summed E-state index contributed by atoms with van der Waals surface area (Å²) >= 11 is 5.78. The Hall–Kier alpha value is -1.93. The molecule has 1 N–H and O–H groups in total. The Kier molecular flexibility index (Phi) is 5.34. The average Bonchev–Trinajstić information content (AvgIpc) is 2.61. The quantitative estimate of drug-likeness (QED) is 0.817. The number of rotatable bonds is 3. The first kappa shape index (κ1) is 18.8. The zero-order valence-electron chi connectivity index (χ0n) is 13.7. The van der Waals surface area contributed by atoms with E-state index in [2.05, 4.69) is 9.97 Å². The highest BCUT2D eigenvalue weighted by atomic mass is 35.5. The van der Waals surface area contributed by atoms with Gasteiger partial charge >= 0.3 is 6.18 Å². The third-order valence-corrected chi connectivity index (χ3v) is 4.91. The number of aliphatic hydroxyl groups is 1. The topological polar surface area (TPSA) is 68.0 Å². The normalized spacial score (nSPS) is 21.0. The van der Waals surface area contributed by atoms with Crippen molar-refractivity contribution >= 4 is 11.6 Å². The van der Waals surface area contributed by atoms with Gasteiger partial charge in [0.2, 0.25) is 0 Å². The zero-order chi connectivity index (χ0) is 18.9. The lowest BCUT2D eigenvalue weighted by Crippen LogP contribution is -2.31. The summed E-state index contributed by atoms with van der Waals surface area (Å²) in [6.45, 7) is -0.417. The number of aromatic nitrogens is 3. The van der Waals surface area contributed by atoms with Gasteiger partial charge in [0, 0.05) is 12.0 Å². The van der Waals surface area contributed by atoms with Crippen LogP contribution in [0.2, 0.25) is 5.15 Å². The van der Waals surface area contributed by atoms with E-state index < -0.39 is 24.3 Å². The van der Waals surface area contributed by atoms with Gasteiger partial charge in [0.1, 0.15) is 11.0 Å². The molecule has 140 valence electrons. The molecule has 0 bridgehead atoms. The van der Waals surface area contributed by atoms with Crippen molar-refractivity contribution in [2.24, 2.45) is 5.92 Å². The molecule has 2 heterocycles. The van der Waals surface area contributed by atoms with E-state index in [-0.39, 0.29) is 42.4 Å². The maximum atomic E-state index is 12.9. The van der Waals surface area contributed by atoms with Crippen LogP contribution >= 0.6 is 11.6 Å². The molecule has 26 heavy (non-hydrogen) atoms. The Morgan fingerprint density at radius 1 is 1.23 bits per heavy atom. The molecular weight excluding hydrogens is 371 g/mol. The van der Waals surface area contributed by atoms with E-state index in [1.165, 1.54) is 22.9 Å². The first-order valence-electron chi connectivity index (χ1n) is 8.22. The van der Waals surface area contributed by atoms with E-state index in [4.69, 9.17) is 11.6 Å². The number of pyridine rings is 1. The minimum atomic E-state index is -4.20. The van der Waals surface area contributed by atoms with Crippen LogP contribution in [0.5, 0.6) is 0 Å². The molecule has 0 amide bonds. The Balaban J connectivity index is 1.99. The molecule has 1 aliphatic rings. The van der Waals surface area contributed by atoms with Gasteiger partial charge in [0.15, 0.2) is 0 Å². The molecule has 1 fully saturated rings. The van der Waals surface area contributed by atoms with Gasteiger partial charge in [-0.05, 0) is 37.8 Å². The van der Waals surface area contributed by atoms with Crippen LogP contribution < -0.4 is 5.56 Å². The molecule has 2 aromatic heterocycles. The van der Waals surface area contributed by atoms with Crippen molar-refractivity contribution in [1.82, 2.24) is 14.5 Å². The number of hydrogen-bond donors (Lipinski definition) is 1. The number of aliphatic hydroxyl groups excluding tert-OH is 1. The summed E-state index contributed by atoms with van der Waals surface area (Å²) in [5, 5.41) is 9.60. The van der Waals surface area contributed by atoms with Crippen LogP contribution in [0.15, 0.2) is 29.2 Å². The van der Waals surface area contributed by atoms with Gasteiger partial charge in [0.25, 0.3) is 5.56 Å². The van der Waals surface area contributed by atoms with Crippen molar-refractivity contribution in [3.05, 3.63) is 51.4 Å². The van der Waals surface area contributed by atoms with Gasteiger partial charge in [-0.3, -0.25) is 9.36 Å². The molecular formula is C17H17ClF3N3O2. The number of hydrogen-bond acceptors (Lipinski definition) is 4. The maximum absolute atomic E-state index is 12.9. The molecule has 0 aromatic carbocycles. The highest BCUT2D eigenvalue weighted by Crippen LogP contribution is 2.42. The van der Waals surface area contributed by atoms with Crippen LogP contribution in [0.3, 0.4) is 0 Å². The van der Waals surface area contributed by atoms with Gasteiger partial charge < -0.3 is 5.11 Å². The summed E-state index contributed by atoms with van der Waals surface area (Å²) in [5.74, 6) is -1.27. The summed E-state index contributed by atoms with van der Waals surface area (Å²) in [7, 11) is 0. The lowest BCUT2D eigenvalue weighted by Gasteiger charge is -2.30. The second-order valence-electron chi connectivity index (χ2n) is 6.37.